The molecule has 0 atom stereocenters. The van der Waals surface area contributed by atoms with Gasteiger partial charge in [0.25, 0.3) is 0 Å². The van der Waals surface area contributed by atoms with Crippen LogP contribution in [0.15, 0.2) is 51.4 Å². The summed E-state index contributed by atoms with van der Waals surface area (Å²) in [4.78, 5) is 0. The smallest absolute Gasteiger partial charge is 0.134 e. The lowest BCUT2D eigenvalue weighted by molar-refractivity contribution is 0.573. The van der Waals surface area contributed by atoms with Crippen LogP contribution in [0.4, 0.5) is 5.69 Å². The fourth-order valence-corrected chi connectivity index (χ4v) is 3.08. The van der Waals surface area contributed by atoms with Crippen LogP contribution in [-0.2, 0) is 6.54 Å². The monoisotopic (exact) mass is 329 g/mol. The standard InChI is InChI=1S/C17H16BrNO/c1-11-7-13(18)9-14(8-11)19-10-16-12(2)20-17-6-4-3-5-15(16)17/h3-9,19H,10H2,1-2H3. The average molecular weight is 330 g/mol. The van der Waals surface area contributed by atoms with Gasteiger partial charge in [0.15, 0.2) is 0 Å². The van der Waals surface area contributed by atoms with Crippen molar-refractivity contribution in [1.82, 2.24) is 0 Å². The highest BCUT2D eigenvalue weighted by atomic mass is 79.9. The van der Waals surface area contributed by atoms with Crippen molar-refractivity contribution in [1.29, 1.82) is 0 Å². The molecule has 0 aliphatic carbocycles. The van der Waals surface area contributed by atoms with Gasteiger partial charge >= 0.3 is 0 Å². The molecule has 2 aromatic carbocycles. The number of para-hydroxylation sites is 1. The van der Waals surface area contributed by atoms with Crippen molar-refractivity contribution in [3.63, 3.8) is 0 Å². The molecule has 0 aliphatic heterocycles. The molecule has 2 nitrogen and oxygen atoms in total. The van der Waals surface area contributed by atoms with E-state index < -0.39 is 0 Å². The number of nitrogens with one attached hydrogen (secondary N) is 1. The Balaban J connectivity index is 1.88. The van der Waals surface area contributed by atoms with Gasteiger partial charge < -0.3 is 9.73 Å². The second-order valence-corrected chi connectivity index (χ2v) is 5.92. The summed E-state index contributed by atoms with van der Waals surface area (Å²) in [7, 11) is 0. The van der Waals surface area contributed by atoms with E-state index in [1.165, 1.54) is 16.5 Å². The molecular weight excluding hydrogens is 314 g/mol. The Labute approximate surface area is 126 Å². The number of halogens is 1. The van der Waals surface area contributed by atoms with Gasteiger partial charge in [-0.15, -0.1) is 0 Å². The topological polar surface area (TPSA) is 25.2 Å². The Bertz CT molecular complexity index is 741. The van der Waals surface area contributed by atoms with Gasteiger partial charge in [0.05, 0.1) is 0 Å². The number of hydrogen-bond donors (Lipinski definition) is 1. The quantitative estimate of drug-likeness (QED) is 0.693. The predicted molar refractivity (Wildman–Crippen MR) is 87.2 cm³/mol. The zero-order valence-corrected chi connectivity index (χ0v) is 13.1. The summed E-state index contributed by atoms with van der Waals surface area (Å²) in [6.07, 6.45) is 0. The first-order chi connectivity index (χ1) is 9.63. The molecule has 1 aromatic heterocycles. The van der Waals surface area contributed by atoms with Crippen molar-refractivity contribution in [3.8, 4) is 0 Å². The lowest BCUT2D eigenvalue weighted by Crippen LogP contribution is -2.00. The first kappa shape index (κ1) is 13.3. The molecule has 0 spiro atoms. The summed E-state index contributed by atoms with van der Waals surface area (Å²) in [5.41, 5.74) is 4.52. The van der Waals surface area contributed by atoms with Crippen LogP contribution >= 0.6 is 15.9 Å². The van der Waals surface area contributed by atoms with Gasteiger partial charge in [-0.05, 0) is 43.7 Å². The maximum atomic E-state index is 5.79. The van der Waals surface area contributed by atoms with Crippen molar-refractivity contribution < 1.29 is 4.42 Å². The molecule has 0 aliphatic rings. The molecule has 0 radical (unpaired) electrons. The summed E-state index contributed by atoms with van der Waals surface area (Å²) < 4.78 is 6.88. The highest BCUT2D eigenvalue weighted by Crippen LogP contribution is 2.26. The first-order valence-corrected chi connectivity index (χ1v) is 7.41. The van der Waals surface area contributed by atoms with Crippen molar-refractivity contribution in [2.45, 2.75) is 20.4 Å². The summed E-state index contributed by atoms with van der Waals surface area (Å²) in [6, 6.07) is 14.5. The van der Waals surface area contributed by atoms with Gasteiger partial charge in [0, 0.05) is 27.7 Å². The Kier molecular flexibility index (Phi) is 3.53. The van der Waals surface area contributed by atoms with Crippen LogP contribution in [0.5, 0.6) is 0 Å². The number of fused-ring (bicyclic) bond motifs is 1. The van der Waals surface area contributed by atoms with E-state index in [0.29, 0.717) is 0 Å². The minimum atomic E-state index is 0.763. The predicted octanol–water partition coefficient (Wildman–Crippen LogP) is 5.42. The van der Waals surface area contributed by atoms with Crippen molar-refractivity contribution in [2.75, 3.05) is 5.32 Å². The average Bonchev–Trinajstić information content (AvgIpc) is 2.71. The Morgan fingerprint density at radius 2 is 1.90 bits per heavy atom. The lowest BCUT2D eigenvalue weighted by atomic mass is 10.1. The maximum Gasteiger partial charge on any atom is 0.134 e. The van der Waals surface area contributed by atoms with Gasteiger partial charge in [-0.1, -0.05) is 34.1 Å². The third-order valence-corrected chi connectivity index (χ3v) is 3.87. The molecule has 0 amide bonds. The minimum absolute atomic E-state index is 0.763. The van der Waals surface area contributed by atoms with Gasteiger partial charge in [0.2, 0.25) is 0 Å². The van der Waals surface area contributed by atoms with E-state index in [-0.39, 0.29) is 0 Å². The summed E-state index contributed by atoms with van der Waals surface area (Å²) in [5, 5.41) is 4.66. The normalized spacial score (nSPS) is 10.9. The van der Waals surface area contributed by atoms with E-state index in [0.717, 1.165) is 28.0 Å². The number of aryl methyl sites for hydroxylation is 2. The van der Waals surface area contributed by atoms with Gasteiger partial charge in [-0.3, -0.25) is 0 Å². The Morgan fingerprint density at radius 1 is 1.10 bits per heavy atom. The van der Waals surface area contributed by atoms with Crippen LogP contribution in [0.1, 0.15) is 16.9 Å². The number of furan rings is 1. The molecule has 1 N–H and O–H groups in total. The molecule has 102 valence electrons. The van der Waals surface area contributed by atoms with E-state index in [1.54, 1.807) is 0 Å². The van der Waals surface area contributed by atoms with E-state index in [4.69, 9.17) is 4.42 Å². The number of anilines is 1. The summed E-state index contributed by atoms with van der Waals surface area (Å²) in [6.45, 7) is 4.87. The van der Waals surface area contributed by atoms with E-state index in [1.807, 2.05) is 25.1 Å². The van der Waals surface area contributed by atoms with Crippen molar-refractivity contribution >= 4 is 32.6 Å². The molecule has 3 rings (SSSR count). The maximum absolute atomic E-state index is 5.79. The third-order valence-electron chi connectivity index (χ3n) is 3.41. The van der Waals surface area contributed by atoms with Crippen LogP contribution in [0, 0.1) is 13.8 Å². The van der Waals surface area contributed by atoms with Gasteiger partial charge in [-0.25, -0.2) is 0 Å². The molecule has 3 aromatic rings. The minimum Gasteiger partial charge on any atom is -0.461 e. The molecule has 20 heavy (non-hydrogen) atoms. The second-order valence-electron chi connectivity index (χ2n) is 5.00. The van der Waals surface area contributed by atoms with Crippen LogP contribution in [0.3, 0.4) is 0 Å². The molecule has 3 heteroatoms. The highest BCUT2D eigenvalue weighted by Gasteiger charge is 2.09. The van der Waals surface area contributed by atoms with Crippen LogP contribution < -0.4 is 5.32 Å². The number of hydrogen-bond acceptors (Lipinski definition) is 2. The fraction of sp³-hybridized carbons (Fsp3) is 0.176. The second kappa shape index (κ2) is 5.33. The molecule has 0 unspecified atom stereocenters. The Hall–Kier alpha value is -1.74. The molecular formula is C17H16BrNO. The van der Waals surface area contributed by atoms with Gasteiger partial charge in [0.1, 0.15) is 11.3 Å². The molecule has 1 heterocycles. The zero-order chi connectivity index (χ0) is 14.1. The van der Waals surface area contributed by atoms with E-state index in [9.17, 15) is 0 Å². The van der Waals surface area contributed by atoms with E-state index in [2.05, 4.69) is 52.4 Å². The highest BCUT2D eigenvalue weighted by molar-refractivity contribution is 9.10. The summed E-state index contributed by atoms with van der Waals surface area (Å²) >= 11 is 3.53. The van der Waals surface area contributed by atoms with Crippen LogP contribution in [0.25, 0.3) is 11.0 Å². The van der Waals surface area contributed by atoms with Gasteiger partial charge in [-0.2, -0.15) is 0 Å². The molecule has 0 bridgehead atoms. The lowest BCUT2D eigenvalue weighted by Gasteiger charge is -2.08. The molecule has 0 fully saturated rings. The van der Waals surface area contributed by atoms with Crippen molar-refractivity contribution in [3.05, 3.63) is 63.8 Å². The largest absolute Gasteiger partial charge is 0.461 e. The third kappa shape index (κ3) is 2.59. The van der Waals surface area contributed by atoms with Crippen molar-refractivity contribution in [2.24, 2.45) is 0 Å². The molecule has 0 saturated heterocycles. The SMILES string of the molecule is Cc1cc(Br)cc(NCc2c(C)oc3ccccc23)c1. The Morgan fingerprint density at radius 3 is 2.70 bits per heavy atom. The number of rotatable bonds is 3. The summed E-state index contributed by atoms with van der Waals surface area (Å²) in [5.74, 6) is 0.977. The van der Waals surface area contributed by atoms with E-state index >= 15 is 0 Å². The fourth-order valence-electron chi connectivity index (χ4n) is 2.47. The van der Waals surface area contributed by atoms with Crippen LogP contribution in [-0.4, -0.2) is 0 Å². The zero-order valence-electron chi connectivity index (χ0n) is 11.5. The molecule has 0 saturated carbocycles. The van der Waals surface area contributed by atoms with Crippen LogP contribution in [0.2, 0.25) is 0 Å². The number of benzene rings is 2. The first-order valence-electron chi connectivity index (χ1n) is 6.61.